The lowest BCUT2D eigenvalue weighted by Crippen LogP contribution is -2.08. The maximum absolute atomic E-state index is 5.26. The maximum atomic E-state index is 5.26. The summed E-state index contributed by atoms with van der Waals surface area (Å²) in [5.74, 6) is 0.763. The Kier molecular flexibility index (Phi) is 3.41. The largest absolute Gasteiger partial charge is 0.444 e. The van der Waals surface area contributed by atoms with Gasteiger partial charge in [0.15, 0.2) is 12.2 Å². The van der Waals surface area contributed by atoms with E-state index in [1.165, 1.54) is 6.39 Å². The van der Waals surface area contributed by atoms with Crippen LogP contribution in [-0.4, -0.2) is 15.0 Å². The van der Waals surface area contributed by atoms with Crippen LogP contribution in [0.4, 0.5) is 5.69 Å². The summed E-state index contributed by atoms with van der Waals surface area (Å²) < 4.78 is 5.26. The Hall–Kier alpha value is -2.69. The molecule has 3 rings (SSSR count). The summed E-state index contributed by atoms with van der Waals surface area (Å²) in [6.07, 6.45) is 8.26. The number of nitrogens with one attached hydrogen (secondary N) is 1. The van der Waals surface area contributed by atoms with Gasteiger partial charge >= 0.3 is 0 Å². The second kappa shape index (κ2) is 5.52. The second-order valence-corrected chi connectivity index (χ2v) is 4.44. The molecule has 0 aliphatic rings. The third-order valence-electron chi connectivity index (χ3n) is 3.01. The van der Waals surface area contributed by atoms with Gasteiger partial charge in [-0.25, -0.2) is 4.98 Å². The van der Waals surface area contributed by atoms with Crippen molar-refractivity contribution in [3.8, 4) is 11.3 Å². The van der Waals surface area contributed by atoms with Crippen molar-refractivity contribution in [1.82, 2.24) is 15.0 Å². The highest BCUT2D eigenvalue weighted by molar-refractivity contribution is 5.60. The highest BCUT2D eigenvalue weighted by Gasteiger charge is 2.07. The first-order chi connectivity index (χ1) is 9.83. The number of nitrogens with zero attached hydrogens (tertiary/aromatic N) is 3. The third-order valence-corrected chi connectivity index (χ3v) is 3.01. The zero-order valence-electron chi connectivity index (χ0n) is 11.0. The van der Waals surface area contributed by atoms with Crippen LogP contribution in [0.5, 0.6) is 0 Å². The van der Waals surface area contributed by atoms with E-state index in [-0.39, 0.29) is 6.04 Å². The van der Waals surface area contributed by atoms with Gasteiger partial charge in [-0.1, -0.05) is 0 Å². The summed E-state index contributed by atoms with van der Waals surface area (Å²) in [6.45, 7) is 2.05. The summed E-state index contributed by atoms with van der Waals surface area (Å²) in [4.78, 5) is 12.3. The van der Waals surface area contributed by atoms with Crippen LogP contribution in [-0.2, 0) is 0 Å². The minimum atomic E-state index is 0.0971. The fourth-order valence-electron chi connectivity index (χ4n) is 1.95. The van der Waals surface area contributed by atoms with Crippen LogP contribution in [0.25, 0.3) is 11.3 Å². The fraction of sp³-hybridized carbons (Fsp3) is 0.133. The van der Waals surface area contributed by atoms with Crippen molar-refractivity contribution < 1.29 is 4.42 Å². The standard InChI is InChI=1S/C15H14N4O/c1-11(14-8-16-6-7-18-14)19-13-4-2-12(3-5-13)15-9-17-10-20-15/h2-11,19H,1H3. The lowest BCUT2D eigenvalue weighted by atomic mass is 10.1. The lowest BCUT2D eigenvalue weighted by Gasteiger charge is -2.14. The number of hydrogen-bond acceptors (Lipinski definition) is 5. The van der Waals surface area contributed by atoms with Gasteiger partial charge in [-0.2, -0.15) is 0 Å². The summed E-state index contributed by atoms with van der Waals surface area (Å²) >= 11 is 0. The van der Waals surface area contributed by atoms with Gasteiger partial charge in [-0.05, 0) is 31.2 Å². The quantitative estimate of drug-likeness (QED) is 0.785. The molecule has 0 spiro atoms. The van der Waals surface area contributed by atoms with Crippen molar-refractivity contribution in [2.75, 3.05) is 5.32 Å². The van der Waals surface area contributed by atoms with E-state index in [1.807, 2.05) is 31.2 Å². The molecule has 0 saturated carbocycles. The molecule has 1 atom stereocenters. The van der Waals surface area contributed by atoms with Crippen molar-refractivity contribution in [2.24, 2.45) is 0 Å². The number of benzene rings is 1. The molecular weight excluding hydrogens is 252 g/mol. The van der Waals surface area contributed by atoms with Crippen molar-refractivity contribution in [3.63, 3.8) is 0 Å². The van der Waals surface area contributed by atoms with E-state index in [9.17, 15) is 0 Å². The van der Waals surface area contributed by atoms with E-state index >= 15 is 0 Å². The molecule has 1 aromatic carbocycles. The Morgan fingerprint density at radius 2 is 1.90 bits per heavy atom. The number of aromatic nitrogens is 3. The molecule has 0 fully saturated rings. The Labute approximate surface area is 116 Å². The van der Waals surface area contributed by atoms with Crippen LogP contribution in [0.2, 0.25) is 0 Å². The number of hydrogen-bond donors (Lipinski definition) is 1. The average Bonchev–Trinajstić information content (AvgIpc) is 3.03. The van der Waals surface area contributed by atoms with Crippen LogP contribution in [0.3, 0.4) is 0 Å². The van der Waals surface area contributed by atoms with Crippen molar-refractivity contribution in [1.29, 1.82) is 0 Å². The van der Waals surface area contributed by atoms with Crippen LogP contribution >= 0.6 is 0 Å². The van der Waals surface area contributed by atoms with E-state index < -0.39 is 0 Å². The van der Waals surface area contributed by atoms with E-state index in [4.69, 9.17) is 4.42 Å². The summed E-state index contributed by atoms with van der Waals surface area (Å²) in [6, 6.07) is 8.09. The van der Waals surface area contributed by atoms with E-state index in [0.717, 1.165) is 22.7 Å². The van der Waals surface area contributed by atoms with Crippen molar-refractivity contribution in [2.45, 2.75) is 13.0 Å². The van der Waals surface area contributed by atoms with Gasteiger partial charge in [-0.3, -0.25) is 9.97 Å². The van der Waals surface area contributed by atoms with Crippen LogP contribution < -0.4 is 5.32 Å². The number of rotatable bonds is 4. The molecule has 0 amide bonds. The van der Waals surface area contributed by atoms with Gasteiger partial charge < -0.3 is 9.73 Å². The maximum Gasteiger partial charge on any atom is 0.181 e. The Morgan fingerprint density at radius 1 is 1.05 bits per heavy atom. The SMILES string of the molecule is CC(Nc1ccc(-c2cnco2)cc1)c1cnccn1. The molecule has 0 bridgehead atoms. The second-order valence-electron chi connectivity index (χ2n) is 4.44. The first-order valence-electron chi connectivity index (χ1n) is 6.34. The number of oxazole rings is 1. The molecule has 2 heterocycles. The minimum absolute atomic E-state index is 0.0971. The molecular formula is C15H14N4O. The Morgan fingerprint density at radius 3 is 2.55 bits per heavy atom. The Balaban J connectivity index is 1.72. The summed E-state index contributed by atoms with van der Waals surface area (Å²) in [7, 11) is 0. The highest BCUT2D eigenvalue weighted by Crippen LogP contribution is 2.22. The first-order valence-corrected chi connectivity index (χ1v) is 6.34. The molecule has 1 N–H and O–H groups in total. The molecule has 0 aliphatic carbocycles. The van der Waals surface area contributed by atoms with E-state index in [0.29, 0.717) is 0 Å². The van der Waals surface area contributed by atoms with Gasteiger partial charge in [0, 0.05) is 23.6 Å². The van der Waals surface area contributed by atoms with Crippen LogP contribution in [0.1, 0.15) is 18.7 Å². The lowest BCUT2D eigenvalue weighted by molar-refractivity contribution is 0.572. The molecule has 0 aliphatic heterocycles. The van der Waals surface area contributed by atoms with Crippen molar-refractivity contribution in [3.05, 3.63) is 61.1 Å². The van der Waals surface area contributed by atoms with Gasteiger partial charge in [0.2, 0.25) is 0 Å². The highest BCUT2D eigenvalue weighted by atomic mass is 16.3. The molecule has 20 heavy (non-hydrogen) atoms. The topological polar surface area (TPSA) is 63.8 Å². The van der Waals surface area contributed by atoms with Crippen LogP contribution in [0.15, 0.2) is 59.9 Å². The van der Waals surface area contributed by atoms with E-state index in [2.05, 4.69) is 20.3 Å². The third kappa shape index (κ3) is 2.66. The zero-order chi connectivity index (χ0) is 13.8. The molecule has 1 unspecified atom stereocenters. The predicted octanol–water partition coefficient (Wildman–Crippen LogP) is 3.30. The van der Waals surface area contributed by atoms with Gasteiger partial charge in [0.1, 0.15) is 0 Å². The molecule has 2 aromatic heterocycles. The van der Waals surface area contributed by atoms with Crippen LogP contribution in [0, 0.1) is 0 Å². The molecule has 5 nitrogen and oxygen atoms in total. The van der Waals surface area contributed by atoms with E-state index in [1.54, 1.807) is 24.8 Å². The first kappa shape index (κ1) is 12.3. The smallest absolute Gasteiger partial charge is 0.181 e. The summed E-state index contributed by atoms with van der Waals surface area (Å²) in [5, 5.41) is 3.38. The van der Waals surface area contributed by atoms with Crippen molar-refractivity contribution >= 4 is 5.69 Å². The summed E-state index contributed by atoms with van der Waals surface area (Å²) in [5.41, 5.74) is 2.93. The average molecular weight is 266 g/mol. The monoisotopic (exact) mass is 266 g/mol. The minimum Gasteiger partial charge on any atom is -0.444 e. The molecule has 3 aromatic rings. The normalized spacial score (nSPS) is 12.1. The molecule has 0 radical (unpaired) electrons. The zero-order valence-corrected chi connectivity index (χ0v) is 11.0. The van der Waals surface area contributed by atoms with Gasteiger partial charge in [0.05, 0.1) is 24.1 Å². The fourth-order valence-corrected chi connectivity index (χ4v) is 1.95. The predicted molar refractivity (Wildman–Crippen MR) is 76.0 cm³/mol. The number of anilines is 1. The van der Waals surface area contributed by atoms with Gasteiger partial charge in [0.25, 0.3) is 0 Å². The molecule has 0 saturated heterocycles. The molecule has 100 valence electrons. The van der Waals surface area contributed by atoms with Gasteiger partial charge in [-0.15, -0.1) is 0 Å². The molecule has 5 heteroatoms. The Bertz CT molecular complexity index is 650.